The topological polar surface area (TPSA) is 24.9 Å². The minimum absolute atomic E-state index is 0.522. The zero-order valence-electron chi connectivity index (χ0n) is 10.5. The van der Waals surface area contributed by atoms with Crippen LogP contribution < -0.4 is 5.32 Å². The lowest BCUT2D eigenvalue weighted by Gasteiger charge is -2.32. The summed E-state index contributed by atoms with van der Waals surface area (Å²) in [6, 6.07) is 0.522. The van der Waals surface area contributed by atoms with Crippen LogP contribution >= 0.6 is 11.3 Å². The highest BCUT2D eigenvalue weighted by Gasteiger charge is 2.27. The summed E-state index contributed by atoms with van der Waals surface area (Å²) in [5.41, 5.74) is 0. The Morgan fingerprint density at radius 2 is 2.31 bits per heavy atom. The fraction of sp³-hybridized carbons (Fsp3) is 0.769. The first-order valence-corrected chi connectivity index (χ1v) is 7.12. The molecule has 3 unspecified atom stereocenters. The molecule has 0 aliphatic heterocycles. The SMILES string of the molecule is CNC(c1cnc(C)s1)C1CCCC(C)C1. The van der Waals surface area contributed by atoms with Gasteiger partial charge in [0.15, 0.2) is 0 Å². The van der Waals surface area contributed by atoms with E-state index in [-0.39, 0.29) is 0 Å². The Labute approximate surface area is 102 Å². The molecule has 16 heavy (non-hydrogen) atoms. The van der Waals surface area contributed by atoms with Gasteiger partial charge in [0.2, 0.25) is 0 Å². The second-order valence-corrected chi connectivity index (χ2v) is 6.35. The van der Waals surface area contributed by atoms with Crippen LogP contribution in [0.25, 0.3) is 0 Å². The molecule has 90 valence electrons. The van der Waals surface area contributed by atoms with Crippen LogP contribution in [0.3, 0.4) is 0 Å². The van der Waals surface area contributed by atoms with Crippen molar-refractivity contribution in [3.05, 3.63) is 16.1 Å². The Balaban J connectivity index is 2.09. The summed E-state index contributed by atoms with van der Waals surface area (Å²) in [5, 5.41) is 4.67. The molecule has 3 atom stereocenters. The number of rotatable bonds is 3. The second kappa shape index (κ2) is 5.28. The van der Waals surface area contributed by atoms with E-state index >= 15 is 0 Å². The largest absolute Gasteiger partial charge is 0.312 e. The van der Waals surface area contributed by atoms with Gasteiger partial charge in [0, 0.05) is 17.1 Å². The van der Waals surface area contributed by atoms with E-state index in [1.807, 2.05) is 11.3 Å². The van der Waals surface area contributed by atoms with Crippen molar-refractivity contribution in [3.63, 3.8) is 0 Å². The quantitative estimate of drug-likeness (QED) is 0.871. The van der Waals surface area contributed by atoms with E-state index in [2.05, 4.69) is 37.4 Å². The van der Waals surface area contributed by atoms with Crippen LogP contribution in [-0.4, -0.2) is 12.0 Å². The van der Waals surface area contributed by atoms with Crippen molar-refractivity contribution in [3.8, 4) is 0 Å². The van der Waals surface area contributed by atoms with E-state index in [0.717, 1.165) is 11.8 Å². The van der Waals surface area contributed by atoms with Gasteiger partial charge in [-0.1, -0.05) is 19.8 Å². The Bertz CT molecular complexity index is 334. The zero-order valence-corrected chi connectivity index (χ0v) is 11.3. The minimum atomic E-state index is 0.522. The number of hydrogen-bond donors (Lipinski definition) is 1. The summed E-state index contributed by atoms with van der Waals surface area (Å²) in [5.74, 6) is 1.69. The van der Waals surface area contributed by atoms with Crippen LogP contribution in [0.15, 0.2) is 6.20 Å². The molecule has 0 amide bonds. The van der Waals surface area contributed by atoms with Gasteiger partial charge in [-0.2, -0.15) is 0 Å². The molecule has 0 bridgehead atoms. The lowest BCUT2D eigenvalue weighted by atomic mass is 9.78. The molecule has 1 saturated carbocycles. The van der Waals surface area contributed by atoms with E-state index in [0.29, 0.717) is 6.04 Å². The van der Waals surface area contributed by atoms with Gasteiger partial charge < -0.3 is 5.32 Å². The number of nitrogens with zero attached hydrogens (tertiary/aromatic N) is 1. The lowest BCUT2D eigenvalue weighted by molar-refractivity contribution is 0.232. The Hall–Kier alpha value is -0.410. The van der Waals surface area contributed by atoms with Gasteiger partial charge in [-0.25, -0.2) is 4.98 Å². The molecule has 0 spiro atoms. The molecule has 2 rings (SSSR count). The Kier molecular flexibility index (Phi) is 3.98. The van der Waals surface area contributed by atoms with Gasteiger partial charge in [0.1, 0.15) is 0 Å². The van der Waals surface area contributed by atoms with Crippen LogP contribution in [0.4, 0.5) is 0 Å². The number of hydrogen-bond acceptors (Lipinski definition) is 3. The van der Waals surface area contributed by atoms with Crippen LogP contribution in [0.2, 0.25) is 0 Å². The highest BCUT2D eigenvalue weighted by molar-refractivity contribution is 7.11. The average Bonchev–Trinajstić information content (AvgIpc) is 2.66. The van der Waals surface area contributed by atoms with Crippen molar-refractivity contribution in [1.82, 2.24) is 10.3 Å². The highest BCUT2D eigenvalue weighted by atomic mass is 32.1. The third-order valence-corrected chi connectivity index (χ3v) is 4.70. The summed E-state index contributed by atoms with van der Waals surface area (Å²) in [6.45, 7) is 4.47. The van der Waals surface area contributed by atoms with E-state index < -0.39 is 0 Å². The number of aryl methyl sites for hydroxylation is 1. The van der Waals surface area contributed by atoms with Crippen molar-refractivity contribution in [2.24, 2.45) is 11.8 Å². The second-order valence-electron chi connectivity index (χ2n) is 5.08. The van der Waals surface area contributed by atoms with Gasteiger partial charge in [-0.05, 0) is 38.6 Å². The third-order valence-electron chi connectivity index (χ3n) is 3.71. The molecule has 3 heteroatoms. The molecule has 1 aromatic rings. The van der Waals surface area contributed by atoms with E-state index in [9.17, 15) is 0 Å². The molecule has 1 fully saturated rings. The maximum atomic E-state index is 4.38. The molecule has 0 saturated heterocycles. The highest BCUT2D eigenvalue weighted by Crippen LogP contribution is 2.38. The first-order chi connectivity index (χ1) is 7.70. The monoisotopic (exact) mass is 238 g/mol. The number of nitrogens with one attached hydrogen (secondary N) is 1. The maximum absolute atomic E-state index is 4.38. The first-order valence-electron chi connectivity index (χ1n) is 6.30. The van der Waals surface area contributed by atoms with Crippen molar-refractivity contribution in [2.75, 3.05) is 7.05 Å². The van der Waals surface area contributed by atoms with Crippen molar-refractivity contribution in [1.29, 1.82) is 0 Å². The molecule has 1 aliphatic rings. The molecule has 0 aromatic carbocycles. The summed E-state index contributed by atoms with van der Waals surface area (Å²) >= 11 is 1.84. The third kappa shape index (κ3) is 2.64. The fourth-order valence-electron chi connectivity index (χ4n) is 2.92. The van der Waals surface area contributed by atoms with Crippen molar-refractivity contribution < 1.29 is 0 Å². The smallest absolute Gasteiger partial charge is 0.0897 e. The van der Waals surface area contributed by atoms with Crippen molar-refractivity contribution >= 4 is 11.3 Å². The lowest BCUT2D eigenvalue weighted by Crippen LogP contribution is -2.28. The molecule has 1 N–H and O–H groups in total. The Morgan fingerprint density at radius 3 is 2.88 bits per heavy atom. The van der Waals surface area contributed by atoms with Crippen LogP contribution in [0, 0.1) is 18.8 Å². The van der Waals surface area contributed by atoms with E-state index in [1.54, 1.807) is 0 Å². The van der Waals surface area contributed by atoms with E-state index in [1.165, 1.54) is 35.6 Å². The molecule has 1 aromatic heterocycles. The van der Waals surface area contributed by atoms with E-state index in [4.69, 9.17) is 0 Å². The molecule has 0 radical (unpaired) electrons. The predicted molar refractivity (Wildman–Crippen MR) is 69.8 cm³/mol. The molecule has 2 nitrogen and oxygen atoms in total. The number of aromatic nitrogens is 1. The zero-order chi connectivity index (χ0) is 11.5. The normalized spacial score (nSPS) is 27.9. The minimum Gasteiger partial charge on any atom is -0.312 e. The van der Waals surface area contributed by atoms with Gasteiger partial charge >= 0.3 is 0 Å². The summed E-state index contributed by atoms with van der Waals surface area (Å²) < 4.78 is 0. The average molecular weight is 238 g/mol. The summed E-state index contributed by atoms with van der Waals surface area (Å²) in [7, 11) is 2.08. The van der Waals surface area contributed by atoms with Crippen LogP contribution in [-0.2, 0) is 0 Å². The predicted octanol–water partition coefficient (Wildman–Crippen LogP) is 3.54. The first kappa shape index (κ1) is 12.1. The van der Waals surface area contributed by atoms with Crippen LogP contribution in [0.5, 0.6) is 0 Å². The standard InChI is InChI=1S/C13H22N2S/c1-9-5-4-6-11(7-9)13(14-3)12-8-15-10(2)16-12/h8-9,11,13-14H,4-7H2,1-3H3. The summed E-state index contributed by atoms with van der Waals surface area (Å²) in [4.78, 5) is 5.79. The van der Waals surface area contributed by atoms with Gasteiger partial charge in [0.05, 0.1) is 5.01 Å². The molecular weight excluding hydrogens is 216 g/mol. The molecular formula is C13H22N2S. The van der Waals surface area contributed by atoms with Crippen molar-refractivity contribution in [2.45, 2.75) is 45.6 Å². The van der Waals surface area contributed by atoms with Crippen LogP contribution in [0.1, 0.15) is 48.5 Å². The fourth-order valence-corrected chi connectivity index (χ4v) is 3.90. The Morgan fingerprint density at radius 1 is 1.50 bits per heavy atom. The van der Waals surface area contributed by atoms with Gasteiger partial charge in [0.25, 0.3) is 0 Å². The van der Waals surface area contributed by atoms with Gasteiger partial charge in [-0.3, -0.25) is 0 Å². The van der Waals surface area contributed by atoms with Gasteiger partial charge in [-0.15, -0.1) is 11.3 Å². The molecule has 1 heterocycles. The molecule has 1 aliphatic carbocycles. The summed E-state index contributed by atoms with van der Waals surface area (Å²) in [6.07, 6.45) is 7.59. The maximum Gasteiger partial charge on any atom is 0.0897 e. The number of thiazole rings is 1.